The molecule has 2 unspecified atom stereocenters. The molecular weight excluding hydrogens is 322 g/mol. The number of rotatable bonds is 9. The van der Waals surface area contributed by atoms with Crippen LogP contribution in [0, 0.1) is 17.2 Å². The molecule has 2 atom stereocenters. The molecular formula is C22H27N3O. The molecule has 0 saturated carbocycles. The highest BCUT2D eigenvalue weighted by molar-refractivity contribution is 5.78. The molecule has 0 aliphatic carbocycles. The third-order valence-corrected chi connectivity index (χ3v) is 4.39. The van der Waals surface area contributed by atoms with Crippen molar-refractivity contribution in [2.24, 2.45) is 5.92 Å². The molecule has 1 N–H and O–H groups in total. The van der Waals surface area contributed by atoms with Crippen molar-refractivity contribution < 1.29 is 4.79 Å². The number of hydrogen-bond acceptors (Lipinski definition) is 3. The monoisotopic (exact) mass is 349 g/mol. The van der Waals surface area contributed by atoms with E-state index in [1.165, 1.54) is 5.56 Å². The van der Waals surface area contributed by atoms with Crippen molar-refractivity contribution in [2.75, 3.05) is 19.6 Å². The summed E-state index contributed by atoms with van der Waals surface area (Å²) in [6.07, 6.45) is 0.747. The van der Waals surface area contributed by atoms with Crippen molar-refractivity contribution in [3.8, 4) is 6.07 Å². The van der Waals surface area contributed by atoms with Gasteiger partial charge in [0.1, 0.15) is 0 Å². The standard InChI is InChI=1S/C22H27N3O/c1-3-25(16-18(2)15-23)17-22(26)24-21(20-12-8-5-9-13-20)14-19-10-6-4-7-11-19/h4-13,18,21H,3,14,16-17H2,1-2H3,(H,24,26). The summed E-state index contributed by atoms with van der Waals surface area (Å²) in [5.41, 5.74) is 2.28. The molecule has 26 heavy (non-hydrogen) atoms. The van der Waals surface area contributed by atoms with Gasteiger partial charge in [-0.05, 0) is 31.0 Å². The maximum Gasteiger partial charge on any atom is 0.234 e. The van der Waals surface area contributed by atoms with Gasteiger partial charge in [0.2, 0.25) is 5.91 Å². The minimum atomic E-state index is -0.0861. The molecule has 2 aromatic carbocycles. The Morgan fingerprint density at radius 2 is 1.73 bits per heavy atom. The first-order valence-corrected chi connectivity index (χ1v) is 9.12. The van der Waals surface area contributed by atoms with Gasteiger partial charge >= 0.3 is 0 Å². The number of likely N-dealkylation sites (N-methyl/N-ethyl adjacent to an activating group) is 1. The van der Waals surface area contributed by atoms with Crippen LogP contribution in [0.5, 0.6) is 0 Å². The number of benzene rings is 2. The molecule has 0 radical (unpaired) electrons. The molecule has 0 bridgehead atoms. The van der Waals surface area contributed by atoms with Crippen molar-refractivity contribution in [2.45, 2.75) is 26.3 Å². The lowest BCUT2D eigenvalue weighted by molar-refractivity contribution is -0.123. The van der Waals surface area contributed by atoms with Crippen molar-refractivity contribution >= 4 is 5.91 Å². The van der Waals surface area contributed by atoms with E-state index in [9.17, 15) is 4.79 Å². The molecule has 0 spiro atoms. The Labute approximate surface area is 156 Å². The smallest absolute Gasteiger partial charge is 0.234 e. The second-order valence-electron chi connectivity index (χ2n) is 6.58. The maximum atomic E-state index is 12.6. The zero-order valence-corrected chi connectivity index (χ0v) is 15.6. The van der Waals surface area contributed by atoms with Gasteiger partial charge in [-0.2, -0.15) is 5.26 Å². The Hall–Kier alpha value is -2.64. The summed E-state index contributed by atoms with van der Waals surface area (Å²) in [5.74, 6) is -0.0984. The normalized spacial score (nSPS) is 13.0. The first-order valence-electron chi connectivity index (χ1n) is 9.12. The van der Waals surface area contributed by atoms with Crippen LogP contribution in [0.2, 0.25) is 0 Å². The van der Waals surface area contributed by atoms with Gasteiger partial charge in [0.15, 0.2) is 0 Å². The van der Waals surface area contributed by atoms with Crippen molar-refractivity contribution in [1.29, 1.82) is 5.26 Å². The summed E-state index contributed by atoms with van der Waals surface area (Å²) in [7, 11) is 0. The number of amides is 1. The molecule has 136 valence electrons. The number of carbonyl (C=O) groups is 1. The lowest BCUT2D eigenvalue weighted by atomic mass is 9.99. The highest BCUT2D eigenvalue weighted by Crippen LogP contribution is 2.18. The van der Waals surface area contributed by atoms with E-state index in [2.05, 4.69) is 23.5 Å². The van der Waals surface area contributed by atoms with E-state index >= 15 is 0 Å². The SMILES string of the molecule is CCN(CC(=O)NC(Cc1ccccc1)c1ccccc1)CC(C)C#N. The van der Waals surface area contributed by atoms with Gasteiger partial charge in [0.05, 0.1) is 24.6 Å². The molecule has 4 heteroatoms. The van der Waals surface area contributed by atoms with Gasteiger partial charge in [0, 0.05) is 6.54 Å². The lowest BCUT2D eigenvalue weighted by Crippen LogP contribution is -2.40. The highest BCUT2D eigenvalue weighted by Gasteiger charge is 2.18. The number of hydrogen-bond donors (Lipinski definition) is 1. The topological polar surface area (TPSA) is 56.1 Å². The van der Waals surface area contributed by atoms with E-state index in [1.54, 1.807) is 0 Å². The summed E-state index contributed by atoms with van der Waals surface area (Å²) in [6, 6.07) is 22.4. The van der Waals surface area contributed by atoms with E-state index in [4.69, 9.17) is 5.26 Å². The van der Waals surface area contributed by atoms with Gasteiger partial charge in [-0.1, -0.05) is 67.6 Å². The van der Waals surface area contributed by atoms with Gasteiger partial charge in [-0.3, -0.25) is 9.69 Å². The molecule has 0 aromatic heterocycles. The Morgan fingerprint density at radius 1 is 1.12 bits per heavy atom. The molecule has 0 fully saturated rings. The summed E-state index contributed by atoms with van der Waals surface area (Å²) >= 11 is 0. The number of nitrogens with zero attached hydrogens (tertiary/aromatic N) is 2. The Bertz CT molecular complexity index is 709. The fraction of sp³-hybridized carbons (Fsp3) is 0.364. The van der Waals surface area contributed by atoms with Crippen LogP contribution in [0.1, 0.15) is 31.0 Å². The Balaban J connectivity index is 2.06. The van der Waals surface area contributed by atoms with Gasteiger partial charge in [-0.15, -0.1) is 0 Å². The van der Waals surface area contributed by atoms with Crippen LogP contribution < -0.4 is 5.32 Å². The van der Waals surface area contributed by atoms with Gasteiger partial charge in [0.25, 0.3) is 0 Å². The third-order valence-electron chi connectivity index (χ3n) is 4.39. The molecule has 0 aliphatic heterocycles. The largest absolute Gasteiger partial charge is 0.348 e. The minimum absolute atomic E-state index is 0.0122. The van der Waals surface area contributed by atoms with Gasteiger partial charge in [-0.25, -0.2) is 0 Å². The quantitative estimate of drug-likeness (QED) is 0.753. The zero-order valence-electron chi connectivity index (χ0n) is 15.6. The first kappa shape index (κ1) is 19.7. The summed E-state index contributed by atoms with van der Waals surface area (Å²) in [4.78, 5) is 14.6. The van der Waals surface area contributed by atoms with Crippen molar-refractivity contribution in [1.82, 2.24) is 10.2 Å². The first-order chi connectivity index (χ1) is 12.6. The van der Waals surface area contributed by atoms with Crippen molar-refractivity contribution in [3.05, 3.63) is 71.8 Å². The average molecular weight is 349 g/mol. The molecule has 0 aliphatic rings. The molecule has 1 amide bonds. The maximum absolute atomic E-state index is 12.6. The number of nitriles is 1. The van der Waals surface area contributed by atoms with E-state index < -0.39 is 0 Å². The number of carbonyl (C=O) groups excluding carboxylic acids is 1. The van der Waals surface area contributed by atoms with Crippen LogP contribution in [0.15, 0.2) is 60.7 Å². The molecule has 4 nitrogen and oxygen atoms in total. The van der Waals surface area contributed by atoms with Gasteiger partial charge < -0.3 is 5.32 Å². The van der Waals surface area contributed by atoms with Crippen LogP contribution >= 0.6 is 0 Å². The van der Waals surface area contributed by atoms with E-state index in [0.717, 1.165) is 18.5 Å². The van der Waals surface area contributed by atoms with Crippen LogP contribution in [-0.2, 0) is 11.2 Å². The Kier molecular flexibility index (Phi) is 7.85. The highest BCUT2D eigenvalue weighted by atomic mass is 16.2. The minimum Gasteiger partial charge on any atom is -0.348 e. The fourth-order valence-corrected chi connectivity index (χ4v) is 2.96. The van der Waals surface area contributed by atoms with Crippen LogP contribution in [0.25, 0.3) is 0 Å². The molecule has 2 aromatic rings. The molecule has 0 heterocycles. The molecule has 0 saturated heterocycles. The van der Waals surface area contributed by atoms with Crippen LogP contribution in [0.3, 0.4) is 0 Å². The number of nitrogens with one attached hydrogen (secondary N) is 1. The summed E-state index contributed by atoms with van der Waals surface area (Å²) in [5, 5.41) is 12.2. The Morgan fingerprint density at radius 3 is 2.31 bits per heavy atom. The van der Waals surface area contributed by atoms with E-state index in [-0.39, 0.29) is 17.9 Å². The predicted molar refractivity (Wildman–Crippen MR) is 104 cm³/mol. The fourth-order valence-electron chi connectivity index (χ4n) is 2.96. The third kappa shape index (κ3) is 6.34. The summed E-state index contributed by atoms with van der Waals surface area (Å²) < 4.78 is 0. The zero-order chi connectivity index (χ0) is 18.8. The molecule has 2 rings (SSSR count). The van der Waals surface area contributed by atoms with Crippen LogP contribution in [-0.4, -0.2) is 30.4 Å². The average Bonchev–Trinajstić information content (AvgIpc) is 2.68. The lowest BCUT2D eigenvalue weighted by Gasteiger charge is -2.24. The second-order valence-corrected chi connectivity index (χ2v) is 6.58. The summed E-state index contributed by atoms with van der Waals surface area (Å²) in [6.45, 7) is 5.54. The van der Waals surface area contributed by atoms with E-state index in [0.29, 0.717) is 13.1 Å². The predicted octanol–water partition coefficient (Wildman–Crippen LogP) is 3.57. The van der Waals surface area contributed by atoms with E-state index in [1.807, 2.05) is 67.3 Å². The second kappa shape index (κ2) is 10.4. The van der Waals surface area contributed by atoms with Crippen molar-refractivity contribution in [3.63, 3.8) is 0 Å². The van der Waals surface area contributed by atoms with Crippen LogP contribution in [0.4, 0.5) is 0 Å².